The van der Waals surface area contributed by atoms with Gasteiger partial charge in [-0.25, -0.2) is 0 Å². The third-order valence-corrected chi connectivity index (χ3v) is 5.73. The van der Waals surface area contributed by atoms with E-state index in [0.29, 0.717) is 6.54 Å². The lowest BCUT2D eigenvalue weighted by atomic mass is 10.1. The van der Waals surface area contributed by atoms with Gasteiger partial charge in [-0.1, -0.05) is 24.3 Å². The molecule has 0 bridgehead atoms. The number of rotatable bonds is 6. The minimum absolute atomic E-state index is 0.715. The van der Waals surface area contributed by atoms with Crippen LogP contribution in [0, 0.1) is 0 Å². The van der Waals surface area contributed by atoms with Crippen LogP contribution in [0.4, 0.5) is 5.82 Å². The Morgan fingerprint density at radius 2 is 1.79 bits per heavy atom. The van der Waals surface area contributed by atoms with Gasteiger partial charge in [0.05, 0.1) is 13.2 Å². The normalized spacial score (nSPS) is 15.0. The second-order valence-corrected chi connectivity index (χ2v) is 7.86. The number of ether oxygens (including phenoxy) is 1. The molecular formula is C21H22N6OS. The Labute approximate surface area is 173 Å². The van der Waals surface area contributed by atoms with E-state index in [1.54, 1.807) is 15.9 Å². The minimum Gasteiger partial charge on any atom is -0.379 e. The summed E-state index contributed by atoms with van der Waals surface area (Å²) < 4.78 is 7.20. The van der Waals surface area contributed by atoms with Gasteiger partial charge in [-0.05, 0) is 34.7 Å². The maximum Gasteiger partial charge on any atom is 0.186 e. The fraction of sp³-hybridized carbons (Fsp3) is 0.286. The Bertz CT molecular complexity index is 1070. The molecular weight excluding hydrogens is 384 g/mol. The van der Waals surface area contributed by atoms with Crippen molar-refractivity contribution >= 4 is 22.8 Å². The molecule has 1 aromatic carbocycles. The second kappa shape index (κ2) is 8.28. The van der Waals surface area contributed by atoms with E-state index in [0.717, 1.165) is 55.7 Å². The van der Waals surface area contributed by atoms with Gasteiger partial charge >= 0.3 is 0 Å². The number of nitrogens with one attached hydrogen (secondary N) is 1. The van der Waals surface area contributed by atoms with Crippen LogP contribution in [0.5, 0.6) is 0 Å². The Morgan fingerprint density at radius 3 is 2.59 bits per heavy atom. The zero-order chi connectivity index (χ0) is 19.5. The molecule has 3 aromatic heterocycles. The summed E-state index contributed by atoms with van der Waals surface area (Å²) >= 11 is 1.64. The highest BCUT2D eigenvalue weighted by atomic mass is 32.1. The van der Waals surface area contributed by atoms with Gasteiger partial charge in [0.15, 0.2) is 11.5 Å². The number of fused-ring (bicyclic) bond motifs is 1. The average Bonchev–Trinajstić information content (AvgIpc) is 3.43. The number of nitrogens with zero attached hydrogens (tertiary/aromatic N) is 5. The third kappa shape index (κ3) is 4.14. The minimum atomic E-state index is 0.715. The van der Waals surface area contributed by atoms with Crippen LogP contribution < -0.4 is 5.32 Å². The van der Waals surface area contributed by atoms with Crippen molar-refractivity contribution in [1.29, 1.82) is 0 Å². The monoisotopic (exact) mass is 406 g/mol. The lowest BCUT2D eigenvalue weighted by Crippen LogP contribution is -2.35. The second-order valence-electron chi connectivity index (χ2n) is 7.08. The van der Waals surface area contributed by atoms with Crippen LogP contribution in [-0.2, 0) is 17.8 Å². The van der Waals surface area contributed by atoms with Gasteiger partial charge in [0.1, 0.15) is 5.82 Å². The summed E-state index contributed by atoms with van der Waals surface area (Å²) in [5.41, 5.74) is 4.33. The number of aromatic nitrogens is 4. The zero-order valence-corrected chi connectivity index (χ0v) is 16.8. The van der Waals surface area contributed by atoms with E-state index in [9.17, 15) is 0 Å². The molecule has 0 aliphatic carbocycles. The molecule has 4 heterocycles. The molecule has 29 heavy (non-hydrogen) atoms. The van der Waals surface area contributed by atoms with Crippen LogP contribution in [0.2, 0.25) is 0 Å². The Kier molecular flexibility index (Phi) is 5.21. The average molecular weight is 407 g/mol. The molecule has 8 heteroatoms. The molecule has 0 atom stereocenters. The summed E-state index contributed by atoms with van der Waals surface area (Å²) in [4.78, 5) is 2.43. The number of anilines is 1. The summed E-state index contributed by atoms with van der Waals surface area (Å²) in [5, 5.41) is 20.6. The Balaban J connectivity index is 1.25. The lowest BCUT2D eigenvalue weighted by Gasteiger charge is -2.26. The van der Waals surface area contributed by atoms with Gasteiger partial charge in [-0.15, -0.1) is 15.3 Å². The highest BCUT2D eigenvalue weighted by molar-refractivity contribution is 7.08. The van der Waals surface area contributed by atoms with Gasteiger partial charge in [-0.2, -0.15) is 15.9 Å². The van der Waals surface area contributed by atoms with E-state index in [1.165, 1.54) is 11.1 Å². The van der Waals surface area contributed by atoms with E-state index in [1.807, 2.05) is 23.6 Å². The Hall–Kier alpha value is -2.81. The molecule has 148 valence electrons. The first-order valence-corrected chi connectivity index (χ1v) is 10.7. The van der Waals surface area contributed by atoms with Crippen LogP contribution in [-0.4, -0.2) is 51.0 Å². The van der Waals surface area contributed by atoms with E-state index < -0.39 is 0 Å². The molecule has 0 saturated carbocycles. The topological polar surface area (TPSA) is 67.6 Å². The molecule has 7 nitrogen and oxygen atoms in total. The molecule has 1 saturated heterocycles. The van der Waals surface area contributed by atoms with Crippen molar-refractivity contribution in [3.05, 3.63) is 64.4 Å². The molecule has 5 rings (SSSR count). The van der Waals surface area contributed by atoms with Crippen LogP contribution in [0.1, 0.15) is 11.1 Å². The number of benzene rings is 1. The first-order chi connectivity index (χ1) is 14.3. The van der Waals surface area contributed by atoms with Crippen LogP contribution in [0.25, 0.3) is 17.0 Å². The lowest BCUT2D eigenvalue weighted by molar-refractivity contribution is 0.0342. The number of thiophene rings is 1. The molecule has 1 aliphatic heterocycles. The van der Waals surface area contributed by atoms with Gasteiger partial charge < -0.3 is 10.1 Å². The Morgan fingerprint density at radius 1 is 0.966 bits per heavy atom. The smallest absolute Gasteiger partial charge is 0.186 e. The number of hydrogen-bond acceptors (Lipinski definition) is 7. The molecule has 0 amide bonds. The summed E-state index contributed by atoms with van der Waals surface area (Å²) in [5.74, 6) is 1.56. The van der Waals surface area contributed by atoms with Gasteiger partial charge in [0.2, 0.25) is 0 Å². The highest BCUT2D eigenvalue weighted by Crippen LogP contribution is 2.21. The van der Waals surface area contributed by atoms with E-state index in [4.69, 9.17) is 4.74 Å². The van der Waals surface area contributed by atoms with E-state index >= 15 is 0 Å². The van der Waals surface area contributed by atoms with Crippen molar-refractivity contribution in [2.24, 2.45) is 0 Å². The van der Waals surface area contributed by atoms with E-state index in [-0.39, 0.29) is 0 Å². The predicted molar refractivity (Wildman–Crippen MR) is 114 cm³/mol. The summed E-state index contributed by atoms with van der Waals surface area (Å²) in [7, 11) is 0. The fourth-order valence-corrected chi connectivity index (χ4v) is 4.06. The molecule has 0 unspecified atom stereocenters. The SMILES string of the molecule is c1cc(-c2nnc3ccc(NCc4ccc(CN5CCOCC5)cc4)nn23)cs1. The zero-order valence-electron chi connectivity index (χ0n) is 16.0. The standard InChI is InChI=1S/C21H22N6OS/c1-3-17(14-26-8-10-28-11-9-26)4-2-16(1)13-22-19-5-6-20-23-24-21(27(20)25-19)18-7-12-29-15-18/h1-7,12,15H,8-11,13-14H2,(H,22,25). The van der Waals surface area contributed by atoms with Crippen molar-refractivity contribution in [3.8, 4) is 11.4 Å². The maximum absolute atomic E-state index is 5.42. The van der Waals surface area contributed by atoms with Crippen molar-refractivity contribution in [2.45, 2.75) is 13.1 Å². The van der Waals surface area contributed by atoms with Gasteiger partial charge in [0.25, 0.3) is 0 Å². The van der Waals surface area contributed by atoms with Crippen molar-refractivity contribution in [1.82, 2.24) is 24.7 Å². The maximum atomic E-state index is 5.42. The van der Waals surface area contributed by atoms with Crippen LogP contribution in [0.15, 0.2) is 53.2 Å². The summed E-state index contributed by atoms with van der Waals surface area (Å²) in [6.07, 6.45) is 0. The van der Waals surface area contributed by atoms with Crippen molar-refractivity contribution in [2.75, 3.05) is 31.6 Å². The van der Waals surface area contributed by atoms with Crippen LogP contribution in [0.3, 0.4) is 0 Å². The highest BCUT2D eigenvalue weighted by Gasteiger charge is 2.11. The molecule has 1 fully saturated rings. The van der Waals surface area contributed by atoms with Crippen molar-refractivity contribution in [3.63, 3.8) is 0 Å². The third-order valence-electron chi connectivity index (χ3n) is 5.05. The molecule has 0 radical (unpaired) electrons. The first-order valence-electron chi connectivity index (χ1n) is 9.72. The summed E-state index contributed by atoms with van der Waals surface area (Å²) in [6.45, 7) is 5.38. The largest absolute Gasteiger partial charge is 0.379 e. The number of hydrogen-bond donors (Lipinski definition) is 1. The number of morpholine rings is 1. The van der Waals surface area contributed by atoms with Crippen molar-refractivity contribution < 1.29 is 4.74 Å². The molecule has 4 aromatic rings. The van der Waals surface area contributed by atoms with Crippen LogP contribution >= 0.6 is 11.3 Å². The van der Waals surface area contributed by atoms with Gasteiger partial charge in [-0.3, -0.25) is 4.90 Å². The predicted octanol–water partition coefficient (Wildman–Crippen LogP) is 3.30. The molecule has 1 N–H and O–H groups in total. The molecule has 1 aliphatic rings. The van der Waals surface area contributed by atoms with E-state index in [2.05, 4.69) is 55.2 Å². The first kappa shape index (κ1) is 18.2. The molecule has 0 spiro atoms. The van der Waals surface area contributed by atoms with Gasteiger partial charge in [0, 0.05) is 37.1 Å². The summed E-state index contributed by atoms with van der Waals surface area (Å²) in [6, 6.07) is 14.7. The quantitative estimate of drug-likeness (QED) is 0.530. The fourth-order valence-electron chi connectivity index (χ4n) is 3.43.